The number of fused-ring (bicyclic) bond motifs is 6. The molecule has 0 spiro atoms. The summed E-state index contributed by atoms with van der Waals surface area (Å²) >= 11 is 0. The molecule has 0 saturated heterocycles. The highest BCUT2D eigenvalue weighted by Crippen LogP contribution is 2.36. The molecule has 0 fully saturated rings. The van der Waals surface area contributed by atoms with Crippen molar-refractivity contribution in [2.24, 2.45) is 0 Å². The molecule has 0 aliphatic rings. The lowest BCUT2D eigenvalue weighted by Gasteiger charge is -2.13. The van der Waals surface area contributed by atoms with Crippen molar-refractivity contribution in [3.63, 3.8) is 0 Å². The van der Waals surface area contributed by atoms with Crippen LogP contribution in [0.5, 0.6) is 0 Å². The van der Waals surface area contributed by atoms with E-state index in [4.69, 9.17) is 11.1 Å². The molecule has 256 valence electrons. The molecule has 3 heteroatoms. The van der Waals surface area contributed by atoms with E-state index in [0.717, 1.165) is 23.5 Å². The Hall–Kier alpha value is -6.97. The molecule has 0 atom stereocenters. The fraction of sp³-hybridized carbons (Fsp3) is 0.0200. The molecule has 9 rings (SSSR count). The molecule has 9 aromatic carbocycles. The van der Waals surface area contributed by atoms with Gasteiger partial charge in [0.15, 0.2) is 0 Å². The Kier molecular flexibility index (Phi) is 10.6. The van der Waals surface area contributed by atoms with E-state index in [1.807, 2.05) is 54.6 Å². The highest BCUT2D eigenvalue weighted by Gasteiger charge is 2.11. The first-order chi connectivity index (χ1) is 26.2. The fourth-order valence-corrected chi connectivity index (χ4v) is 7.09. The molecule has 0 aromatic heterocycles. The Morgan fingerprint density at radius 3 is 1.53 bits per heavy atom. The van der Waals surface area contributed by atoms with Crippen molar-refractivity contribution in [3.05, 3.63) is 211 Å². The van der Waals surface area contributed by atoms with Gasteiger partial charge in [-0.25, -0.2) is 0 Å². The summed E-state index contributed by atoms with van der Waals surface area (Å²) in [6, 6.07) is 70.4. The van der Waals surface area contributed by atoms with Gasteiger partial charge in [-0.05, 0) is 97.5 Å². The Bertz CT molecular complexity index is 2580. The number of rotatable bonds is 6. The van der Waals surface area contributed by atoms with Gasteiger partial charge in [-0.15, -0.1) is 0 Å². The summed E-state index contributed by atoms with van der Waals surface area (Å²) in [6.45, 7) is 2.50. The standard InChI is InChI=1S/C31H22.C18H16N2.CH3N/c1-2-10-23(11-3-1)25-13-5-4-12-24(25)20-22-18-19-30-28-16-7-6-14-26(28)27-15-8-9-17-29(27)31(30)21-22;19-15-9-6-10-16(13-15)20-18-12-5-4-11-17(18)14-7-2-1-3-8-14;1-2/h1-19,21H,20H2;1-13,20H,19H2;2H,1H2. The van der Waals surface area contributed by atoms with Crippen LogP contribution in [0.15, 0.2) is 200 Å². The van der Waals surface area contributed by atoms with E-state index in [0.29, 0.717) is 0 Å². The van der Waals surface area contributed by atoms with Crippen LogP contribution in [-0.4, -0.2) is 6.72 Å². The second-order valence-corrected chi connectivity index (χ2v) is 12.8. The van der Waals surface area contributed by atoms with Gasteiger partial charge in [0.2, 0.25) is 0 Å². The van der Waals surface area contributed by atoms with Crippen molar-refractivity contribution < 1.29 is 0 Å². The molecule has 0 unspecified atom stereocenters. The first kappa shape index (κ1) is 34.5. The number of nitrogens with one attached hydrogen (secondary N) is 2. The average molecular weight is 684 g/mol. The van der Waals surface area contributed by atoms with Gasteiger partial charge in [0.05, 0.1) is 0 Å². The van der Waals surface area contributed by atoms with Gasteiger partial charge < -0.3 is 16.5 Å². The molecule has 3 nitrogen and oxygen atoms in total. The summed E-state index contributed by atoms with van der Waals surface area (Å²) in [5.74, 6) is 0. The quantitative estimate of drug-likeness (QED) is 0.0928. The molecule has 0 radical (unpaired) electrons. The van der Waals surface area contributed by atoms with Crippen molar-refractivity contribution in [2.75, 3.05) is 11.1 Å². The molecular weight excluding hydrogens is 643 g/mol. The molecule has 0 saturated carbocycles. The molecule has 0 aliphatic heterocycles. The van der Waals surface area contributed by atoms with E-state index in [1.54, 1.807) is 0 Å². The first-order valence-corrected chi connectivity index (χ1v) is 17.8. The topological polar surface area (TPSA) is 61.9 Å². The van der Waals surface area contributed by atoms with Crippen LogP contribution >= 0.6 is 0 Å². The van der Waals surface area contributed by atoms with Gasteiger partial charge in [-0.2, -0.15) is 0 Å². The minimum absolute atomic E-state index is 0.757. The van der Waals surface area contributed by atoms with Crippen LogP contribution in [0.25, 0.3) is 54.6 Å². The van der Waals surface area contributed by atoms with Gasteiger partial charge in [0, 0.05) is 22.6 Å². The van der Waals surface area contributed by atoms with E-state index in [1.165, 1.54) is 65.7 Å². The molecule has 4 N–H and O–H groups in total. The maximum absolute atomic E-state index is 5.82. The number of hydrogen-bond acceptors (Lipinski definition) is 3. The second-order valence-electron chi connectivity index (χ2n) is 12.8. The summed E-state index contributed by atoms with van der Waals surface area (Å²) in [4.78, 5) is 0. The third-order valence-electron chi connectivity index (χ3n) is 9.48. The number of anilines is 3. The summed E-state index contributed by atoms with van der Waals surface area (Å²) in [7, 11) is 0. The Balaban J connectivity index is 0.000000171. The SMILES string of the molecule is C=N.Nc1cccc(Nc2ccccc2-c2ccccc2)c1.c1ccc(-c2ccccc2Cc2ccc3c4ccccc4c4ccccc4c3c2)cc1. The monoisotopic (exact) mass is 683 g/mol. The summed E-state index contributed by atoms with van der Waals surface area (Å²) in [5, 5.41) is 16.9. The molecule has 53 heavy (non-hydrogen) atoms. The number of hydrogen-bond donors (Lipinski definition) is 3. The summed E-state index contributed by atoms with van der Waals surface area (Å²) in [5.41, 5.74) is 16.3. The number of nitrogens with two attached hydrogens (primary N) is 1. The lowest BCUT2D eigenvalue weighted by atomic mass is 9.91. The first-order valence-electron chi connectivity index (χ1n) is 17.8. The van der Waals surface area contributed by atoms with Gasteiger partial charge in [0.25, 0.3) is 0 Å². The zero-order chi connectivity index (χ0) is 36.4. The molecule has 0 bridgehead atoms. The molecule has 0 aliphatic carbocycles. The van der Waals surface area contributed by atoms with Crippen LogP contribution < -0.4 is 11.1 Å². The zero-order valence-corrected chi connectivity index (χ0v) is 29.5. The van der Waals surface area contributed by atoms with E-state index < -0.39 is 0 Å². The fourth-order valence-electron chi connectivity index (χ4n) is 7.09. The average Bonchev–Trinajstić information content (AvgIpc) is 3.23. The van der Waals surface area contributed by atoms with E-state index in [-0.39, 0.29) is 0 Å². The van der Waals surface area contributed by atoms with Gasteiger partial charge >= 0.3 is 0 Å². The van der Waals surface area contributed by atoms with Crippen LogP contribution in [0.4, 0.5) is 17.1 Å². The van der Waals surface area contributed by atoms with Crippen LogP contribution in [0.1, 0.15) is 11.1 Å². The van der Waals surface area contributed by atoms with Gasteiger partial charge in [0.1, 0.15) is 0 Å². The maximum atomic E-state index is 5.82. The minimum Gasteiger partial charge on any atom is -0.399 e. The van der Waals surface area contributed by atoms with Crippen LogP contribution in [0, 0.1) is 5.41 Å². The summed E-state index contributed by atoms with van der Waals surface area (Å²) in [6.07, 6.45) is 0.919. The number of nitrogen functional groups attached to an aromatic ring is 1. The third kappa shape index (κ3) is 7.70. The van der Waals surface area contributed by atoms with Crippen molar-refractivity contribution in [1.29, 1.82) is 5.41 Å². The lowest BCUT2D eigenvalue weighted by Crippen LogP contribution is -1.94. The third-order valence-corrected chi connectivity index (χ3v) is 9.48. The largest absolute Gasteiger partial charge is 0.399 e. The predicted molar refractivity (Wildman–Crippen MR) is 229 cm³/mol. The van der Waals surface area contributed by atoms with Crippen molar-refractivity contribution in [1.82, 2.24) is 0 Å². The molecule has 0 amide bonds. The molecule has 0 heterocycles. The smallest absolute Gasteiger partial charge is 0.0463 e. The van der Waals surface area contributed by atoms with E-state index in [9.17, 15) is 0 Å². The van der Waals surface area contributed by atoms with Crippen molar-refractivity contribution in [2.45, 2.75) is 6.42 Å². The highest BCUT2D eigenvalue weighted by atomic mass is 14.9. The van der Waals surface area contributed by atoms with Crippen LogP contribution in [0.3, 0.4) is 0 Å². The number of para-hydroxylation sites is 1. The van der Waals surface area contributed by atoms with E-state index in [2.05, 4.69) is 158 Å². The maximum Gasteiger partial charge on any atom is 0.0463 e. The van der Waals surface area contributed by atoms with Crippen molar-refractivity contribution in [3.8, 4) is 22.3 Å². The minimum atomic E-state index is 0.757. The summed E-state index contributed by atoms with van der Waals surface area (Å²) < 4.78 is 0. The van der Waals surface area contributed by atoms with Gasteiger partial charge in [-0.3, -0.25) is 0 Å². The lowest BCUT2D eigenvalue weighted by molar-refractivity contribution is 1.20. The Labute approximate surface area is 311 Å². The zero-order valence-electron chi connectivity index (χ0n) is 29.5. The Morgan fingerprint density at radius 2 is 0.906 bits per heavy atom. The molecular formula is C50H41N3. The highest BCUT2D eigenvalue weighted by molar-refractivity contribution is 6.25. The molecule has 9 aromatic rings. The van der Waals surface area contributed by atoms with Gasteiger partial charge in [-0.1, -0.05) is 176 Å². The Morgan fingerprint density at radius 1 is 0.415 bits per heavy atom. The number of benzene rings is 9. The van der Waals surface area contributed by atoms with Crippen LogP contribution in [0.2, 0.25) is 0 Å². The van der Waals surface area contributed by atoms with E-state index >= 15 is 0 Å². The second kappa shape index (κ2) is 16.4. The van der Waals surface area contributed by atoms with Crippen LogP contribution in [-0.2, 0) is 6.42 Å². The normalized spacial score (nSPS) is 10.6. The predicted octanol–water partition coefficient (Wildman–Crippen LogP) is 13.3. The van der Waals surface area contributed by atoms with Crippen molar-refractivity contribution >= 4 is 56.1 Å².